The second kappa shape index (κ2) is 6.00. The predicted molar refractivity (Wildman–Crippen MR) is 79.9 cm³/mol. The van der Waals surface area contributed by atoms with Crippen molar-refractivity contribution in [3.05, 3.63) is 38.3 Å². The molecule has 2 fully saturated rings. The number of halogens is 1. The second-order valence-corrected chi connectivity index (χ2v) is 6.22. The van der Waals surface area contributed by atoms with Crippen LogP contribution in [0.15, 0.2) is 22.7 Å². The number of hydrogen-bond donors (Lipinski definition) is 0. The first kappa shape index (κ1) is 14.9. The van der Waals surface area contributed by atoms with Crippen LogP contribution in [-0.2, 0) is 16.0 Å². The van der Waals surface area contributed by atoms with Crippen molar-refractivity contribution < 1.29 is 14.4 Å². The van der Waals surface area contributed by atoms with E-state index in [1.165, 1.54) is 6.07 Å². The minimum absolute atomic E-state index is 0.104. The molecule has 1 aromatic rings. The minimum atomic E-state index is -0.467. The SMILES string of the molecule is O=[N+]([O-])c1cccc(CN2CCCC3(C2)OCCO3)c1Br. The van der Waals surface area contributed by atoms with Crippen molar-refractivity contribution in [2.75, 3.05) is 26.3 Å². The number of hydrogen-bond acceptors (Lipinski definition) is 5. The van der Waals surface area contributed by atoms with Gasteiger partial charge in [-0.05, 0) is 34.5 Å². The van der Waals surface area contributed by atoms with Gasteiger partial charge in [0, 0.05) is 19.0 Å². The van der Waals surface area contributed by atoms with E-state index in [1.54, 1.807) is 6.07 Å². The molecule has 0 N–H and O–H groups in total. The fourth-order valence-corrected chi connectivity index (χ4v) is 3.54. The van der Waals surface area contributed by atoms with Gasteiger partial charge in [0.25, 0.3) is 5.69 Å². The molecule has 0 atom stereocenters. The number of nitrogens with zero attached hydrogens (tertiary/aromatic N) is 2. The topological polar surface area (TPSA) is 64.8 Å². The summed E-state index contributed by atoms with van der Waals surface area (Å²) in [5, 5.41) is 11.0. The maximum atomic E-state index is 11.0. The maximum absolute atomic E-state index is 11.0. The summed E-state index contributed by atoms with van der Waals surface area (Å²) in [6, 6.07) is 5.14. The van der Waals surface area contributed by atoms with Crippen molar-refractivity contribution in [2.24, 2.45) is 0 Å². The summed E-state index contributed by atoms with van der Waals surface area (Å²) < 4.78 is 12.1. The van der Waals surface area contributed by atoms with Crippen LogP contribution in [0.4, 0.5) is 5.69 Å². The lowest BCUT2D eigenvalue weighted by Gasteiger charge is -2.38. The van der Waals surface area contributed by atoms with Crippen LogP contribution in [0.2, 0.25) is 0 Å². The molecular formula is C14H17BrN2O4. The van der Waals surface area contributed by atoms with E-state index in [2.05, 4.69) is 20.8 Å². The van der Waals surface area contributed by atoms with Gasteiger partial charge in [0.2, 0.25) is 0 Å². The fourth-order valence-electron chi connectivity index (χ4n) is 3.01. The predicted octanol–water partition coefficient (Wildman–Crippen LogP) is 2.70. The van der Waals surface area contributed by atoms with Gasteiger partial charge in [-0.1, -0.05) is 12.1 Å². The highest BCUT2D eigenvalue weighted by molar-refractivity contribution is 9.10. The van der Waals surface area contributed by atoms with E-state index >= 15 is 0 Å². The molecule has 21 heavy (non-hydrogen) atoms. The Morgan fingerprint density at radius 1 is 1.38 bits per heavy atom. The molecule has 0 saturated carbocycles. The van der Waals surface area contributed by atoms with Crippen LogP contribution in [0.3, 0.4) is 0 Å². The monoisotopic (exact) mass is 356 g/mol. The van der Waals surface area contributed by atoms with Crippen LogP contribution in [0.5, 0.6) is 0 Å². The van der Waals surface area contributed by atoms with Crippen molar-refractivity contribution in [1.29, 1.82) is 0 Å². The zero-order chi connectivity index (χ0) is 14.9. The van der Waals surface area contributed by atoms with Gasteiger partial charge >= 0.3 is 0 Å². The molecule has 114 valence electrons. The van der Waals surface area contributed by atoms with Crippen LogP contribution in [0.25, 0.3) is 0 Å². The Bertz CT molecular complexity index is 546. The van der Waals surface area contributed by atoms with Gasteiger partial charge < -0.3 is 9.47 Å². The van der Waals surface area contributed by atoms with Gasteiger partial charge in [0.1, 0.15) is 0 Å². The lowest BCUT2D eigenvalue weighted by molar-refractivity contribution is -0.385. The zero-order valence-electron chi connectivity index (χ0n) is 11.6. The molecule has 0 bridgehead atoms. The average Bonchev–Trinajstić information content (AvgIpc) is 2.89. The van der Waals surface area contributed by atoms with Crippen LogP contribution < -0.4 is 0 Å². The van der Waals surface area contributed by atoms with Crippen molar-refractivity contribution in [3.8, 4) is 0 Å². The van der Waals surface area contributed by atoms with Crippen molar-refractivity contribution in [3.63, 3.8) is 0 Å². The summed E-state index contributed by atoms with van der Waals surface area (Å²) in [5.41, 5.74) is 1.02. The molecule has 1 aromatic carbocycles. The number of ether oxygens (including phenoxy) is 2. The van der Waals surface area contributed by atoms with Gasteiger partial charge in [0.05, 0.1) is 29.2 Å². The van der Waals surface area contributed by atoms with Crippen LogP contribution in [0, 0.1) is 10.1 Å². The number of benzene rings is 1. The highest BCUT2D eigenvalue weighted by Gasteiger charge is 2.40. The highest BCUT2D eigenvalue weighted by atomic mass is 79.9. The molecule has 0 aromatic heterocycles. The van der Waals surface area contributed by atoms with Crippen LogP contribution >= 0.6 is 15.9 Å². The van der Waals surface area contributed by atoms with E-state index < -0.39 is 5.79 Å². The number of nitro benzene ring substituents is 1. The van der Waals surface area contributed by atoms with Gasteiger partial charge in [-0.15, -0.1) is 0 Å². The van der Waals surface area contributed by atoms with E-state index in [1.807, 2.05) is 6.07 Å². The Labute approximate surface area is 131 Å². The quantitative estimate of drug-likeness (QED) is 0.615. The van der Waals surface area contributed by atoms with Crippen LogP contribution in [-0.4, -0.2) is 41.9 Å². The third-order valence-corrected chi connectivity index (χ3v) is 4.87. The smallest absolute Gasteiger partial charge is 0.283 e. The van der Waals surface area contributed by atoms with E-state index in [-0.39, 0.29) is 10.6 Å². The Morgan fingerprint density at radius 3 is 2.86 bits per heavy atom. The molecule has 2 heterocycles. The standard InChI is InChI=1S/C14H17BrN2O4/c15-13-11(3-1-4-12(13)17(18)19)9-16-6-2-5-14(10-16)20-7-8-21-14/h1,3-4H,2,5-10H2. The molecule has 2 saturated heterocycles. The molecule has 0 aliphatic carbocycles. The van der Waals surface area contributed by atoms with Gasteiger partial charge in [-0.3, -0.25) is 15.0 Å². The fraction of sp³-hybridized carbons (Fsp3) is 0.571. The molecule has 3 rings (SSSR count). The summed E-state index contributed by atoms with van der Waals surface area (Å²) >= 11 is 3.35. The molecule has 6 nitrogen and oxygen atoms in total. The third kappa shape index (κ3) is 3.11. The van der Waals surface area contributed by atoms with Gasteiger partial charge in [0.15, 0.2) is 5.79 Å². The third-order valence-electron chi connectivity index (χ3n) is 3.96. The first-order chi connectivity index (χ1) is 10.1. The zero-order valence-corrected chi connectivity index (χ0v) is 13.2. The lowest BCUT2D eigenvalue weighted by Crippen LogP contribution is -2.48. The molecular weight excluding hydrogens is 340 g/mol. The van der Waals surface area contributed by atoms with E-state index in [4.69, 9.17) is 9.47 Å². The van der Waals surface area contributed by atoms with E-state index in [9.17, 15) is 10.1 Å². The van der Waals surface area contributed by atoms with Crippen LogP contribution in [0.1, 0.15) is 18.4 Å². The molecule has 0 unspecified atom stereocenters. The Morgan fingerprint density at radius 2 is 2.14 bits per heavy atom. The number of piperidine rings is 1. The van der Waals surface area contributed by atoms with E-state index in [0.717, 1.165) is 24.9 Å². The summed E-state index contributed by atoms with van der Waals surface area (Å²) in [6.07, 6.45) is 1.92. The van der Waals surface area contributed by atoms with Gasteiger partial charge in [-0.2, -0.15) is 0 Å². The van der Waals surface area contributed by atoms with Gasteiger partial charge in [-0.25, -0.2) is 0 Å². The van der Waals surface area contributed by atoms with Crippen molar-refractivity contribution >= 4 is 21.6 Å². The first-order valence-electron chi connectivity index (χ1n) is 7.02. The summed E-state index contributed by atoms with van der Waals surface area (Å²) in [7, 11) is 0. The largest absolute Gasteiger partial charge is 0.346 e. The molecule has 1 spiro atoms. The average molecular weight is 357 g/mol. The van der Waals surface area contributed by atoms with Crippen molar-refractivity contribution in [1.82, 2.24) is 4.90 Å². The molecule has 2 aliphatic heterocycles. The number of nitro groups is 1. The minimum Gasteiger partial charge on any atom is -0.346 e. The molecule has 7 heteroatoms. The van der Waals surface area contributed by atoms with E-state index in [0.29, 0.717) is 30.8 Å². The highest BCUT2D eigenvalue weighted by Crippen LogP contribution is 2.33. The lowest BCUT2D eigenvalue weighted by atomic mass is 10.0. The number of rotatable bonds is 3. The second-order valence-electron chi connectivity index (χ2n) is 5.43. The van der Waals surface area contributed by atoms with Crippen molar-refractivity contribution in [2.45, 2.75) is 25.2 Å². The molecule has 0 amide bonds. The summed E-state index contributed by atoms with van der Waals surface area (Å²) in [6.45, 7) is 3.60. The molecule has 2 aliphatic rings. The Hall–Kier alpha value is -1.02. The summed E-state index contributed by atoms with van der Waals surface area (Å²) in [4.78, 5) is 12.9. The maximum Gasteiger partial charge on any atom is 0.283 e. The normalized spacial score (nSPS) is 21.8. The molecule has 0 radical (unpaired) electrons. The Kier molecular flexibility index (Phi) is 4.26. The first-order valence-corrected chi connectivity index (χ1v) is 7.81. The summed E-state index contributed by atoms with van der Waals surface area (Å²) in [5.74, 6) is -0.467. The number of likely N-dealkylation sites (tertiary alicyclic amines) is 1. The Balaban J connectivity index is 1.74.